The van der Waals surface area contributed by atoms with Crippen LogP contribution in [0.2, 0.25) is 0 Å². The summed E-state index contributed by atoms with van der Waals surface area (Å²) in [6, 6.07) is 0. The fraction of sp³-hybridized carbons (Fsp3) is 0.750. The van der Waals surface area contributed by atoms with Gasteiger partial charge in [-0.3, -0.25) is 9.35 Å². The van der Waals surface area contributed by atoms with Crippen molar-refractivity contribution in [2.24, 2.45) is 0 Å². The Kier molecular flexibility index (Phi) is 6.18. The molecule has 7 heteroatoms. The highest BCUT2D eigenvalue weighted by Gasteiger charge is 2.27. The van der Waals surface area contributed by atoms with E-state index in [4.69, 9.17) is 4.55 Å². The first kappa shape index (κ1) is 18.1. The molecule has 0 bridgehead atoms. The number of nitrogens with zero attached hydrogens (tertiary/aromatic N) is 1. The molecule has 19 heavy (non-hydrogen) atoms. The molecule has 112 valence electrons. The van der Waals surface area contributed by atoms with Crippen LogP contribution < -0.4 is 5.32 Å². The molecular weight excluding hydrogens is 268 g/mol. The van der Waals surface area contributed by atoms with Gasteiger partial charge in [-0.25, -0.2) is 0 Å². The van der Waals surface area contributed by atoms with E-state index < -0.39 is 21.4 Å². The molecule has 0 spiro atoms. The second-order valence-corrected chi connectivity index (χ2v) is 7.49. The minimum atomic E-state index is -4.11. The van der Waals surface area contributed by atoms with E-state index in [1.54, 1.807) is 19.9 Å². The first-order valence-electron chi connectivity index (χ1n) is 6.06. The Morgan fingerprint density at radius 2 is 1.95 bits per heavy atom. The topological polar surface area (TPSA) is 83.5 Å². The summed E-state index contributed by atoms with van der Waals surface area (Å²) in [6.07, 6.45) is 2.08. The van der Waals surface area contributed by atoms with Gasteiger partial charge in [0, 0.05) is 0 Å². The number of rotatable bonds is 8. The quantitative estimate of drug-likeness (QED) is 0.386. The Morgan fingerprint density at radius 3 is 2.37 bits per heavy atom. The molecule has 0 unspecified atom stereocenters. The lowest BCUT2D eigenvalue weighted by molar-refractivity contribution is -0.883. The molecule has 2 N–H and O–H groups in total. The summed E-state index contributed by atoms with van der Waals surface area (Å²) >= 11 is 0. The van der Waals surface area contributed by atoms with Gasteiger partial charge < -0.3 is 9.80 Å². The summed E-state index contributed by atoms with van der Waals surface area (Å²) in [6.45, 7) is 8.15. The molecule has 0 rings (SSSR count). The normalized spacial score (nSPS) is 13.1. The van der Waals surface area contributed by atoms with E-state index >= 15 is 0 Å². The summed E-state index contributed by atoms with van der Waals surface area (Å²) in [4.78, 5) is 11.8. The molecule has 0 atom stereocenters. The van der Waals surface area contributed by atoms with Gasteiger partial charge in [-0.1, -0.05) is 6.58 Å². The Hall–Kier alpha value is -0.920. The third-order valence-corrected chi connectivity index (χ3v) is 3.68. The zero-order chi connectivity index (χ0) is 15.3. The van der Waals surface area contributed by atoms with Crippen molar-refractivity contribution in [1.82, 2.24) is 5.32 Å². The minimum Gasteiger partial charge on any atom is -0.350 e. The molecule has 0 aliphatic carbocycles. The highest BCUT2D eigenvalue weighted by atomic mass is 32.2. The fourth-order valence-corrected chi connectivity index (χ4v) is 2.76. The van der Waals surface area contributed by atoms with Crippen LogP contribution in [-0.2, 0) is 14.9 Å². The molecule has 0 saturated heterocycles. The zero-order valence-corrected chi connectivity index (χ0v) is 13.0. The number of quaternary nitrogens is 1. The molecule has 0 heterocycles. The maximum atomic E-state index is 11.8. The van der Waals surface area contributed by atoms with Gasteiger partial charge in [0.1, 0.15) is 0 Å². The summed E-state index contributed by atoms with van der Waals surface area (Å²) in [5.41, 5.74) is -0.986. The third-order valence-electron chi connectivity index (χ3n) is 2.59. The van der Waals surface area contributed by atoms with Gasteiger partial charge in [-0.2, -0.15) is 8.42 Å². The summed E-state index contributed by atoms with van der Waals surface area (Å²) in [5.74, 6) is -0.736. The van der Waals surface area contributed by atoms with Gasteiger partial charge in [0.15, 0.2) is 0 Å². The number of hydrogen-bond acceptors (Lipinski definition) is 3. The minimum absolute atomic E-state index is 0.232. The molecular formula is C12H25N2O4S+. The summed E-state index contributed by atoms with van der Waals surface area (Å²) in [5, 5.41) is 2.61. The van der Waals surface area contributed by atoms with Crippen molar-refractivity contribution in [3.63, 3.8) is 0 Å². The average molecular weight is 293 g/mol. The van der Waals surface area contributed by atoms with Crippen LogP contribution >= 0.6 is 0 Å². The van der Waals surface area contributed by atoms with Gasteiger partial charge in [0.05, 0.1) is 44.9 Å². The largest absolute Gasteiger partial charge is 0.350 e. The van der Waals surface area contributed by atoms with Crippen LogP contribution in [0.25, 0.3) is 0 Å². The van der Waals surface area contributed by atoms with Crippen molar-refractivity contribution < 1.29 is 22.2 Å². The standard InChI is InChI=1S/C12H24N2O4S/c1-6-8-14(4,5)9-7-11(15)13-12(2,3)10-19(16,17)18/h6H,1,7-10H2,2-5H3,(H-,13,15,16,17,18)/p+1. The van der Waals surface area contributed by atoms with Crippen molar-refractivity contribution in [2.75, 3.05) is 32.9 Å². The first-order valence-corrected chi connectivity index (χ1v) is 7.67. The lowest BCUT2D eigenvalue weighted by atomic mass is 10.1. The molecule has 0 fully saturated rings. The maximum Gasteiger partial charge on any atom is 0.267 e. The molecule has 0 saturated carbocycles. The van der Waals surface area contributed by atoms with Crippen LogP contribution in [0.15, 0.2) is 12.7 Å². The number of hydrogen-bond donors (Lipinski definition) is 2. The van der Waals surface area contributed by atoms with Crippen LogP contribution in [0, 0.1) is 0 Å². The Labute approximate surface area is 115 Å². The predicted octanol–water partition coefficient (Wildman–Crippen LogP) is 0.422. The van der Waals surface area contributed by atoms with Crippen molar-refractivity contribution >= 4 is 16.0 Å². The van der Waals surface area contributed by atoms with Crippen LogP contribution in [-0.4, -0.2) is 61.8 Å². The molecule has 1 amide bonds. The predicted molar refractivity (Wildman–Crippen MR) is 75.3 cm³/mol. The summed E-state index contributed by atoms with van der Waals surface area (Å²) < 4.78 is 31.1. The molecule has 6 nitrogen and oxygen atoms in total. The van der Waals surface area contributed by atoms with E-state index in [2.05, 4.69) is 11.9 Å². The molecule has 0 aliphatic rings. The van der Waals surface area contributed by atoms with Gasteiger partial charge in [-0.15, -0.1) is 0 Å². The second kappa shape index (κ2) is 6.49. The number of carbonyl (C=O) groups is 1. The lowest BCUT2D eigenvalue weighted by Crippen LogP contribution is -2.50. The van der Waals surface area contributed by atoms with Crippen molar-refractivity contribution in [1.29, 1.82) is 0 Å². The monoisotopic (exact) mass is 293 g/mol. The van der Waals surface area contributed by atoms with E-state index in [1.807, 2.05) is 14.1 Å². The van der Waals surface area contributed by atoms with E-state index in [0.29, 0.717) is 11.0 Å². The molecule has 0 aliphatic heterocycles. The van der Waals surface area contributed by atoms with Crippen molar-refractivity contribution in [2.45, 2.75) is 25.8 Å². The maximum absolute atomic E-state index is 11.8. The summed E-state index contributed by atoms with van der Waals surface area (Å²) in [7, 11) is -0.142. The Balaban J connectivity index is 4.35. The molecule has 0 aromatic rings. The third kappa shape index (κ3) is 9.63. The number of amides is 1. The average Bonchev–Trinajstić information content (AvgIpc) is 2.09. The van der Waals surface area contributed by atoms with E-state index in [0.717, 1.165) is 6.54 Å². The fourth-order valence-electron chi connectivity index (χ4n) is 1.78. The number of carbonyl (C=O) groups excluding carboxylic acids is 1. The number of nitrogens with one attached hydrogen (secondary N) is 1. The SMILES string of the molecule is C=CC[N+](C)(C)CCC(=O)NC(C)(C)CS(=O)(=O)O. The second-order valence-electron chi connectivity index (χ2n) is 6.04. The Morgan fingerprint density at radius 1 is 1.42 bits per heavy atom. The van der Waals surface area contributed by atoms with Crippen molar-refractivity contribution in [3.8, 4) is 0 Å². The van der Waals surface area contributed by atoms with Gasteiger partial charge >= 0.3 is 0 Å². The zero-order valence-electron chi connectivity index (χ0n) is 12.1. The Bertz CT molecular complexity index is 427. The van der Waals surface area contributed by atoms with Gasteiger partial charge in [0.2, 0.25) is 5.91 Å². The highest BCUT2D eigenvalue weighted by molar-refractivity contribution is 7.85. The van der Waals surface area contributed by atoms with Crippen LogP contribution in [0.5, 0.6) is 0 Å². The van der Waals surface area contributed by atoms with E-state index in [9.17, 15) is 13.2 Å². The van der Waals surface area contributed by atoms with Gasteiger partial charge in [-0.05, 0) is 19.9 Å². The van der Waals surface area contributed by atoms with Crippen molar-refractivity contribution in [3.05, 3.63) is 12.7 Å². The van der Waals surface area contributed by atoms with E-state index in [-0.39, 0.29) is 12.3 Å². The first-order chi connectivity index (χ1) is 8.37. The number of likely N-dealkylation sites (N-methyl/N-ethyl adjacent to an activating group) is 1. The van der Waals surface area contributed by atoms with Gasteiger partial charge in [0.25, 0.3) is 10.1 Å². The van der Waals surface area contributed by atoms with E-state index in [1.165, 1.54) is 0 Å². The van der Waals surface area contributed by atoms with Crippen LogP contribution in [0.3, 0.4) is 0 Å². The van der Waals surface area contributed by atoms with Crippen LogP contribution in [0.1, 0.15) is 20.3 Å². The smallest absolute Gasteiger partial charge is 0.267 e. The highest BCUT2D eigenvalue weighted by Crippen LogP contribution is 2.07. The lowest BCUT2D eigenvalue weighted by Gasteiger charge is -2.29. The molecule has 0 aromatic heterocycles. The molecule has 0 radical (unpaired) electrons. The van der Waals surface area contributed by atoms with Crippen LogP contribution in [0.4, 0.5) is 0 Å². The molecule has 0 aromatic carbocycles.